The molecule has 5 nitrogen and oxygen atoms in total. The molecule has 0 aliphatic carbocycles. The molecule has 8 aromatic carbocycles. The van der Waals surface area contributed by atoms with E-state index < -0.39 is 0 Å². The molecule has 6 heteroatoms. The molecule has 0 amide bonds. The van der Waals surface area contributed by atoms with Crippen LogP contribution in [0.15, 0.2) is 186 Å². The Labute approximate surface area is 330 Å². The minimum atomic E-state index is 0.607. The highest BCUT2D eigenvalue weighted by molar-refractivity contribution is 7.25. The van der Waals surface area contributed by atoms with Crippen molar-refractivity contribution in [3.63, 3.8) is 0 Å². The number of rotatable bonds is 5. The molecule has 0 N–H and O–H groups in total. The van der Waals surface area contributed by atoms with Crippen LogP contribution in [0.25, 0.3) is 115 Å². The van der Waals surface area contributed by atoms with Gasteiger partial charge in [-0.25, -0.2) is 15.0 Å². The predicted molar refractivity (Wildman–Crippen MR) is 236 cm³/mol. The number of fused-ring (bicyclic) bond motifs is 9. The van der Waals surface area contributed by atoms with Crippen LogP contribution in [0.1, 0.15) is 0 Å². The number of thiophene rings is 1. The average molecular weight is 747 g/mol. The van der Waals surface area contributed by atoms with Gasteiger partial charge in [-0.15, -0.1) is 11.3 Å². The quantitative estimate of drug-likeness (QED) is 0.176. The first-order valence-corrected chi connectivity index (χ1v) is 19.8. The molecule has 266 valence electrons. The number of para-hydroxylation sites is 2. The van der Waals surface area contributed by atoms with Gasteiger partial charge in [-0.2, -0.15) is 0 Å². The summed E-state index contributed by atoms with van der Waals surface area (Å²) < 4.78 is 11.4. The monoisotopic (exact) mass is 746 g/mol. The van der Waals surface area contributed by atoms with Gasteiger partial charge in [-0.3, -0.25) is 0 Å². The third kappa shape index (κ3) is 5.19. The van der Waals surface area contributed by atoms with Gasteiger partial charge in [0.2, 0.25) is 0 Å². The van der Waals surface area contributed by atoms with E-state index in [0.29, 0.717) is 17.5 Å². The van der Waals surface area contributed by atoms with Crippen LogP contribution in [0.3, 0.4) is 0 Å². The summed E-state index contributed by atoms with van der Waals surface area (Å²) in [5, 5.41) is 6.89. The number of nitrogens with zero attached hydrogens (tertiary/aromatic N) is 4. The van der Waals surface area contributed by atoms with Crippen LogP contribution in [0.2, 0.25) is 0 Å². The second kappa shape index (κ2) is 12.6. The zero-order valence-electron chi connectivity index (χ0n) is 30.4. The Bertz CT molecular complexity index is 3510. The van der Waals surface area contributed by atoms with Crippen molar-refractivity contribution in [2.75, 3.05) is 0 Å². The molecular formula is C51H30N4OS. The molecule has 0 atom stereocenters. The van der Waals surface area contributed by atoms with Gasteiger partial charge >= 0.3 is 0 Å². The van der Waals surface area contributed by atoms with Crippen molar-refractivity contribution in [1.82, 2.24) is 19.5 Å². The average Bonchev–Trinajstić information content (AvgIpc) is 3.94. The molecule has 0 bridgehead atoms. The molecule has 0 fully saturated rings. The van der Waals surface area contributed by atoms with Gasteiger partial charge in [0.15, 0.2) is 17.5 Å². The molecule has 4 heterocycles. The van der Waals surface area contributed by atoms with Crippen molar-refractivity contribution in [2.24, 2.45) is 0 Å². The third-order valence-electron chi connectivity index (χ3n) is 11.1. The maximum absolute atomic E-state index is 6.57. The highest BCUT2D eigenvalue weighted by atomic mass is 32.1. The van der Waals surface area contributed by atoms with Crippen LogP contribution in [0.4, 0.5) is 0 Å². The fourth-order valence-electron chi connectivity index (χ4n) is 8.30. The minimum Gasteiger partial charge on any atom is -0.456 e. The fraction of sp³-hybridized carbons (Fsp3) is 0. The summed E-state index contributed by atoms with van der Waals surface area (Å²) in [6.45, 7) is 0. The van der Waals surface area contributed by atoms with Gasteiger partial charge in [0, 0.05) is 70.2 Å². The van der Waals surface area contributed by atoms with E-state index in [1.807, 2.05) is 12.1 Å². The second-order valence-corrected chi connectivity index (χ2v) is 15.5. The summed E-state index contributed by atoms with van der Waals surface area (Å²) in [4.78, 5) is 15.5. The summed E-state index contributed by atoms with van der Waals surface area (Å²) in [6.07, 6.45) is 0. The molecule has 0 spiro atoms. The van der Waals surface area contributed by atoms with Gasteiger partial charge in [-0.1, -0.05) is 109 Å². The lowest BCUT2D eigenvalue weighted by molar-refractivity contribution is 0.669. The topological polar surface area (TPSA) is 56.7 Å². The van der Waals surface area contributed by atoms with E-state index in [4.69, 9.17) is 19.4 Å². The molecular weight excluding hydrogens is 717 g/mol. The Kier molecular flexibility index (Phi) is 7.03. The van der Waals surface area contributed by atoms with E-state index in [-0.39, 0.29) is 0 Å². The Morgan fingerprint density at radius 3 is 1.70 bits per heavy atom. The lowest BCUT2D eigenvalue weighted by Gasteiger charge is -2.09. The Hall–Kier alpha value is -7.41. The van der Waals surface area contributed by atoms with Crippen molar-refractivity contribution in [2.45, 2.75) is 0 Å². The first-order valence-electron chi connectivity index (χ1n) is 19.0. The molecule has 0 radical (unpaired) electrons. The molecule has 12 rings (SSSR count). The van der Waals surface area contributed by atoms with Gasteiger partial charge in [0.1, 0.15) is 11.2 Å². The number of hydrogen-bond donors (Lipinski definition) is 0. The summed E-state index contributed by atoms with van der Waals surface area (Å²) in [5.41, 5.74) is 10.1. The number of furan rings is 1. The predicted octanol–water partition coefficient (Wildman–Crippen LogP) is 13.9. The summed E-state index contributed by atoms with van der Waals surface area (Å²) in [5.74, 6) is 1.86. The van der Waals surface area contributed by atoms with Crippen molar-refractivity contribution in [1.29, 1.82) is 0 Å². The molecule has 57 heavy (non-hydrogen) atoms. The van der Waals surface area contributed by atoms with Gasteiger partial charge in [-0.05, 0) is 77.9 Å². The normalized spacial score (nSPS) is 11.9. The van der Waals surface area contributed by atoms with Crippen LogP contribution in [0.5, 0.6) is 0 Å². The van der Waals surface area contributed by atoms with Crippen LogP contribution in [0, 0.1) is 0 Å². The zero-order chi connectivity index (χ0) is 37.5. The Morgan fingerprint density at radius 1 is 0.351 bits per heavy atom. The second-order valence-electron chi connectivity index (χ2n) is 14.4. The van der Waals surface area contributed by atoms with Crippen molar-refractivity contribution in [3.8, 4) is 51.0 Å². The Balaban J connectivity index is 1.04. The van der Waals surface area contributed by atoms with Crippen LogP contribution < -0.4 is 0 Å². The summed E-state index contributed by atoms with van der Waals surface area (Å²) in [6, 6.07) is 63.8. The van der Waals surface area contributed by atoms with Crippen LogP contribution in [-0.4, -0.2) is 19.5 Å². The SMILES string of the molecule is c1ccc(-c2ccc(-c3nc(-c4ccc5oc6cc7c(cc6c5c4)c4ccccc4n7-c4ccccc4)nc(-c4ccc5sc6ccccc6c5c4)n3)cc2)cc1. The standard InChI is InChI=1S/C51H30N4OS/c1-3-11-31(12-4-1)32-19-21-33(22-20-32)49-52-50(54-51(53-49)35-24-26-48-42(28-35)38-16-8-10-18-47(38)57-48)34-23-25-45-40(27-34)41-29-39-37-15-7-9-17-43(37)55(36-13-5-2-6-14-36)44(39)30-46(41)56-45/h1-30H. The van der Waals surface area contributed by atoms with E-state index in [1.54, 1.807) is 11.3 Å². The Morgan fingerprint density at radius 2 is 0.912 bits per heavy atom. The largest absolute Gasteiger partial charge is 0.456 e. The van der Waals surface area contributed by atoms with Crippen LogP contribution in [-0.2, 0) is 0 Å². The van der Waals surface area contributed by atoms with Gasteiger partial charge in [0.05, 0.1) is 11.0 Å². The molecule has 0 saturated heterocycles. The van der Waals surface area contributed by atoms with E-state index in [0.717, 1.165) is 60.9 Å². The molecule has 0 aliphatic heterocycles. The molecule has 0 saturated carbocycles. The molecule has 12 aromatic rings. The lowest BCUT2D eigenvalue weighted by atomic mass is 10.0. The van der Waals surface area contributed by atoms with Gasteiger partial charge < -0.3 is 8.98 Å². The molecule has 4 aromatic heterocycles. The van der Waals surface area contributed by atoms with Crippen molar-refractivity contribution >= 4 is 75.3 Å². The summed E-state index contributed by atoms with van der Waals surface area (Å²) >= 11 is 1.81. The highest BCUT2D eigenvalue weighted by Crippen LogP contribution is 2.40. The summed E-state index contributed by atoms with van der Waals surface area (Å²) in [7, 11) is 0. The maximum Gasteiger partial charge on any atom is 0.164 e. The number of hydrogen-bond acceptors (Lipinski definition) is 5. The number of aromatic nitrogens is 4. The van der Waals surface area contributed by atoms with E-state index >= 15 is 0 Å². The number of benzene rings is 8. The maximum atomic E-state index is 6.57. The zero-order valence-corrected chi connectivity index (χ0v) is 31.2. The fourth-order valence-corrected chi connectivity index (χ4v) is 9.39. The molecule has 0 aliphatic rings. The first kappa shape index (κ1) is 31.9. The smallest absolute Gasteiger partial charge is 0.164 e. The van der Waals surface area contributed by atoms with Gasteiger partial charge in [0.25, 0.3) is 0 Å². The first-order chi connectivity index (χ1) is 28.2. The van der Waals surface area contributed by atoms with Crippen molar-refractivity contribution in [3.05, 3.63) is 182 Å². The third-order valence-corrected chi connectivity index (χ3v) is 12.2. The van der Waals surface area contributed by atoms with Crippen LogP contribution >= 0.6 is 11.3 Å². The van der Waals surface area contributed by atoms with E-state index in [2.05, 4.69) is 174 Å². The van der Waals surface area contributed by atoms with E-state index in [1.165, 1.54) is 36.5 Å². The van der Waals surface area contributed by atoms with Crippen molar-refractivity contribution < 1.29 is 4.42 Å². The van der Waals surface area contributed by atoms with E-state index in [9.17, 15) is 0 Å². The molecule has 0 unspecified atom stereocenters. The highest BCUT2D eigenvalue weighted by Gasteiger charge is 2.19. The minimum absolute atomic E-state index is 0.607. The lowest BCUT2D eigenvalue weighted by Crippen LogP contribution is -2.00.